The summed E-state index contributed by atoms with van der Waals surface area (Å²) in [7, 11) is 0. The highest BCUT2D eigenvalue weighted by molar-refractivity contribution is 5.85. The summed E-state index contributed by atoms with van der Waals surface area (Å²) >= 11 is 0. The molecule has 27 heavy (non-hydrogen) atoms. The van der Waals surface area contributed by atoms with E-state index < -0.39 is 0 Å². The van der Waals surface area contributed by atoms with Crippen LogP contribution in [-0.2, 0) is 4.79 Å². The van der Waals surface area contributed by atoms with Crippen LogP contribution in [-0.4, -0.2) is 46.4 Å². The predicted molar refractivity (Wildman–Crippen MR) is 104 cm³/mol. The van der Waals surface area contributed by atoms with Crippen LogP contribution in [0, 0.1) is 24.2 Å². The lowest BCUT2D eigenvalue weighted by Crippen LogP contribution is -2.49. The summed E-state index contributed by atoms with van der Waals surface area (Å²) in [5.41, 5.74) is 4.17. The van der Waals surface area contributed by atoms with Crippen molar-refractivity contribution in [2.45, 2.75) is 19.8 Å². The molecule has 0 N–H and O–H groups in total. The highest BCUT2D eigenvalue weighted by atomic mass is 16.2. The van der Waals surface area contributed by atoms with E-state index in [1.54, 1.807) is 0 Å². The van der Waals surface area contributed by atoms with Crippen molar-refractivity contribution < 1.29 is 4.79 Å². The number of anilines is 1. The molecule has 1 amide bonds. The van der Waals surface area contributed by atoms with Gasteiger partial charge < -0.3 is 9.80 Å². The Balaban J connectivity index is 1.57. The molecule has 1 saturated heterocycles. The molecule has 0 spiro atoms. The first kappa shape index (κ1) is 16.1. The summed E-state index contributed by atoms with van der Waals surface area (Å²) in [6, 6.07) is 12.4. The van der Waals surface area contributed by atoms with Crippen LogP contribution >= 0.6 is 0 Å². The SMILES string of the molecule is Cc1cc(N2CCN(C(=O)C3CC3)CC2)n2c(nc3ccccc32)c1C#N. The number of imidazole rings is 1. The smallest absolute Gasteiger partial charge is 0.225 e. The zero-order valence-corrected chi connectivity index (χ0v) is 15.4. The molecule has 136 valence electrons. The summed E-state index contributed by atoms with van der Waals surface area (Å²) in [6.07, 6.45) is 2.10. The third-order valence-corrected chi connectivity index (χ3v) is 5.71. The third kappa shape index (κ3) is 2.54. The summed E-state index contributed by atoms with van der Waals surface area (Å²) < 4.78 is 2.10. The number of para-hydroxylation sites is 2. The maximum Gasteiger partial charge on any atom is 0.225 e. The van der Waals surface area contributed by atoms with Crippen molar-refractivity contribution in [3.63, 3.8) is 0 Å². The minimum absolute atomic E-state index is 0.276. The molecule has 2 aromatic heterocycles. The van der Waals surface area contributed by atoms with Crippen LogP contribution in [0.1, 0.15) is 24.0 Å². The zero-order chi connectivity index (χ0) is 18.5. The number of piperazine rings is 1. The molecule has 6 nitrogen and oxygen atoms in total. The first-order valence-electron chi connectivity index (χ1n) is 9.52. The number of nitrogens with zero attached hydrogens (tertiary/aromatic N) is 5. The van der Waals surface area contributed by atoms with Gasteiger partial charge in [-0.15, -0.1) is 0 Å². The van der Waals surface area contributed by atoms with E-state index in [-0.39, 0.29) is 5.92 Å². The maximum atomic E-state index is 12.3. The van der Waals surface area contributed by atoms with Gasteiger partial charge in [-0.25, -0.2) is 4.98 Å². The van der Waals surface area contributed by atoms with E-state index in [0.29, 0.717) is 17.1 Å². The van der Waals surface area contributed by atoms with E-state index in [9.17, 15) is 10.1 Å². The average molecular weight is 359 g/mol. The van der Waals surface area contributed by atoms with Crippen LogP contribution in [0.25, 0.3) is 16.7 Å². The number of aryl methyl sites for hydroxylation is 1. The molecular formula is C21H21N5O. The minimum atomic E-state index is 0.276. The molecule has 5 rings (SSSR count). The number of carbonyl (C=O) groups excluding carboxylic acids is 1. The van der Waals surface area contributed by atoms with Gasteiger partial charge in [0.2, 0.25) is 5.91 Å². The second-order valence-electron chi connectivity index (χ2n) is 7.52. The number of pyridine rings is 1. The van der Waals surface area contributed by atoms with Crippen LogP contribution in [0.4, 0.5) is 5.82 Å². The largest absolute Gasteiger partial charge is 0.354 e. The summed E-state index contributed by atoms with van der Waals surface area (Å²) in [6.45, 7) is 5.07. The molecule has 0 unspecified atom stereocenters. The molecule has 6 heteroatoms. The molecule has 2 fully saturated rings. The van der Waals surface area contributed by atoms with E-state index in [1.165, 1.54) is 0 Å². The molecule has 3 heterocycles. The molecule has 0 atom stereocenters. The van der Waals surface area contributed by atoms with Gasteiger partial charge in [0.15, 0.2) is 5.65 Å². The van der Waals surface area contributed by atoms with Gasteiger partial charge in [0, 0.05) is 32.1 Å². The molecule has 1 aromatic carbocycles. The molecular weight excluding hydrogens is 338 g/mol. The Labute approximate surface area is 157 Å². The van der Waals surface area contributed by atoms with Gasteiger partial charge in [0.25, 0.3) is 0 Å². The van der Waals surface area contributed by atoms with Crippen molar-refractivity contribution in [3.8, 4) is 6.07 Å². The van der Waals surface area contributed by atoms with Crippen LogP contribution in [0.3, 0.4) is 0 Å². The highest BCUT2D eigenvalue weighted by Crippen LogP contribution is 2.32. The van der Waals surface area contributed by atoms with E-state index in [1.807, 2.05) is 36.1 Å². The Kier molecular flexibility index (Phi) is 3.57. The number of benzene rings is 1. The van der Waals surface area contributed by atoms with Gasteiger partial charge in [-0.05, 0) is 43.5 Å². The average Bonchev–Trinajstić information content (AvgIpc) is 3.47. The van der Waals surface area contributed by atoms with Crippen LogP contribution in [0.5, 0.6) is 0 Å². The molecule has 2 aliphatic rings. The first-order chi connectivity index (χ1) is 13.2. The second-order valence-corrected chi connectivity index (χ2v) is 7.52. The third-order valence-electron chi connectivity index (χ3n) is 5.71. The summed E-state index contributed by atoms with van der Waals surface area (Å²) in [5.74, 6) is 1.65. The fraction of sp³-hybridized carbons (Fsp3) is 0.381. The van der Waals surface area contributed by atoms with Crippen LogP contribution in [0.15, 0.2) is 30.3 Å². The van der Waals surface area contributed by atoms with Gasteiger partial charge >= 0.3 is 0 Å². The van der Waals surface area contributed by atoms with Crippen LogP contribution < -0.4 is 4.90 Å². The number of nitriles is 1. The van der Waals surface area contributed by atoms with E-state index >= 15 is 0 Å². The van der Waals surface area contributed by atoms with Gasteiger partial charge in [-0.1, -0.05) is 12.1 Å². The fourth-order valence-corrected chi connectivity index (χ4v) is 4.05. The number of fused-ring (bicyclic) bond motifs is 3. The fourth-order valence-electron chi connectivity index (χ4n) is 4.05. The normalized spacial score (nSPS) is 17.5. The van der Waals surface area contributed by atoms with Gasteiger partial charge in [0.05, 0.1) is 16.6 Å². The molecule has 0 radical (unpaired) electrons. The number of hydrogen-bond donors (Lipinski definition) is 0. The molecule has 1 saturated carbocycles. The second kappa shape index (κ2) is 5.98. The number of hydrogen-bond acceptors (Lipinski definition) is 4. The van der Waals surface area contributed by atoms with Crippen molar-refractivity contribution in [1.29, 1.82) is 5.26 Å². The van der Waals surface area contributed by atoms with Crippen molar-refractivity contribution in [3.05, 3.63) is 41.5 Å². The van der Waals surface area contributed by atoms with Gasteiger partial charge in [-0.3, -0.25) is 9.20 Å². The monoisotopic (exact) mass is 359 g/mol. The lowest BCUT2D eigenvalue weighted by Gasteiger charge is -2.36. The summed E-state index contributed by atoms with van der Waals surface area (Å²) in [5, 5.41) is 9.64. The molecule has 1 aliphatic heterocycles. The zero-order valence-electron chi connectivity index (χ0n) is 15.4. The summed E-state index contributed by atoms with van der Waals surface area (Å²) in [4.78, 5) is 21.4. The Morgan fingerprint density at radius 2 is 1.93 bits per heavy atom. The Bertz CT molecular complexity index is 1100. The molecule has 3 aromatic rings. The highest BCUT2D eigenvalue weighted by Gasteiger charge is 2.35. The Hall–Kier alpha value is -3.07. The van der Waals surface area contributed by atoms with Gasteiger partial charge in [-0.2, -0.15) is 5.26 Å². The first-order valence-corrected chi connectivity index (χ1v) is 9.52. The lowest BCUT2D eigenvalue weighted by atomic mass is 10.1. The number of rotatable bonds is 2. The van der Waals surface area contributed by atoms with Gasteiger partial charge in [0.1, 0.15) is 11.9 Å². The van der Waals surface area contributed by atoms with E-state index in [4.69, 9.17) is 4.98 Å². The number of amides is 1. The Morgan fingerprint density at radius 3 is 2.63 bits per heavy atom. The standard InChI is InChI=1S/C21H21N5O/c1-14-12-19(24-8-10-25(11-9-24)21(27)15-6-7-15)26-18-5-3-2-4-17(18)23-20(26)16(14)13-22/h2-5,12,15H,6-11H2,1H3. The van der Waals surface area contributed by atoms with Crippen molar-refractivity contribution >= 4 is 28.4 Å². The minimum Gasteiger partial charge on any atom is -0.354 e. The van der Waals surface area contributed by atoms with E-state index in [0.717, 1.165) is 61.4 Å². The Morgan fingerprint density at radius 1 is 1.19 bits per heavy atom. The maximum absolute atomic E-state index is 12.3. The van der Waals surface area contributed by atoms with Crippen molar-refractivity contribution in [2.24, 2.45) is 5.92 Å². The molecule has 1 aliphatic carbocycles. The van der Waals surface area contributed by atoms with Crippen molar-refractivity contribution in [1.82, 2.24) is 14.3 Å². The lowest BCUT2D eigenvalue weighted by molar-refractivity contribution is -0.132. The number of carbonyl (C=O) groups is 1. The number of aromatic nitrogens is 2. The predicted octanol–water partition coefficient (Wildman–Crippen LogP) is 2.73. The molecule has 0 bridgehead atoms. The quantitative estimate of drug-likeness (QED) is 0.706. The van der Waals surface area contributed by atoms with Crippen molar-refractivity contribution in [2.75, 3.05) is 31.1 Å². The van der Waals surface area contributed by atoms with E-state index in [2.05, 4.69) is 21.4 Å². The van der Waals surface area contributed by atoms with Crippen LogP contribution in [0.2, 0.25) is 0 Å². The topological polar surface area (TPSA) is 64.6 Å².